The molecule has 11 heteroatoms. The van der Waals surface area contributed by atoms with E-state index < -0.39 is 10.7 Å². The molecule has 3 rings (SSSR count). The molecule has 7 nitrogen and oxygen atoms in total. The summed E-state index contributed by atoms with van der Waals surface area (Å²) in [5, 5.41) is 11.3. The normalized spacial score (nSPS) is 11.2. The number of carbonyl (C=O) groups is 1. The Bertz CT molecular complexity index is 1080. The molecule has 1 amide bonds. The van der Waals surface area contributed by atoms with Crippen molar-refractivity contribution in [1.29, 1.82) is 0 Å². The van der Waals surface area contributed by atoms with Gasteiger partial charge in [0.1, 0.15) is 11.3 Å². The first-order valence-corrected chi connectivity index (χ1v) is 11.1. The number of hydrogen-bond donors (Lipinski definition) is 0. The zero-order chi connectivity index (χ0) is 21.7. The zero-order valence-electron chi connectivity index (χ0n) is 17.0. The number of anilines is 1. The van der Waals surface area contributed by atoms with Crippen LogP contribution in [0.25, 0.3) is 16.3 Å². The lowest BCUT2D eigenvalue weighted by Crippen LogP contribution is -2.38. The number of hydrogen-bond acceptors (Lipinski definition) is 7. The van der Waals surface area contributed by atoms with Crippen molar-refractivity contribution in [3.8, 4) is 0 Å². The van der Waals surface area contributed by atoms with Gasteiger partial charge in [-0.2, -0.15) is 0 Å². The van der Waals surface area contributed by atoms with Gasteiger partial charge in [-0.15, -0.1) is 12.4 Å². The fraction of sp³-hybridized carbons (Fsp3) is 0.300. The van der Waals surface area contributed by atoms with Gasteiger partial charge in [-0.25, -0.2) is 9.37 Å². The fourth-order valence-electron chi connectivity index (χ4n) is 2.87. The third kappa shape index (κ3) is 6.07. The lowest BCUT2D eigenvalue weighted by atomic mass is 10.3. The number of nitro groups is 1. The fourth-order valence-corrected chi connectivity index (χ4v) is 4.61. The maximum atomic E-state index is 14.1. The Morgan fingerprint density at radius 3 is 2.55 bits per heavy atom. The Labute approximate surface area is 193 Å². The molecular formula is C20H22ClFN4O3S2. The number of halogens is 2. The molecule has 0 fully saturated rings. The summed E-state index contributed by atoms with van der Waals surface area (Å²) in [4.78, 5) is 32.0. The van der Waals surface area contributed by atoms with Crippen molar-refractivity contribution < 1.29 is 14.1 Å². The van der Waals surface area contributed by atoms with Crippen molar-refractivity contribution in [1.82, 2.24) is 9.88 Å². The van der Waals surface area contributed by atoms with Crippen LogP contribution < -0.4 is 4.90 Å². The van der Waals surface area contributed by atoms with Gasteiger partial charge in [0.25, 0.3) is 5.91 Å². The third-order valence-electron chi connectivity index (χ3n) is 4.57. The van der Waals surface area contributed by atoms with E-state index in [-0.39, 0.29) is 28.8 Å². The van der Waals surface area contributed by atoms with Gasteiger partial charge in [-0.3, -0.25) is 19.8 Å². The van der Waals surface area contributed by atoms with Gasteiger partial charge in [-0.1, -0.05) is 42.6 Å². The molecule has 0 spiro atoms. The highest BCUT2D eigenvalue weighted by Gasteiger charge is 2.20. The number of rotatable bonds is 9. The molecule has 2 aromatic heterocycles. The summed E-state index contributed by atoms with van der Waals surface area (Å²) in [5.74, 6) is -0.731. The maximum Gasteiger partial charge on any atom is 0.324 e. The van der Waals surface area contributed by atoms with Crippen molar-refractivity contribution in [2.24, 2.45) is 0 Å². The van der Waals surface area contributed by atoms with Crippen LogP contribution in [0, 0.1) is 15.9 Å². The topological polar surface area (TPSA) is 79.6 Å². The highest BCUT2D eigenvalue weighted by Crippen LogP contribution is 2.31. The molecule has 2 heterocycles. The van der Waals surface area contributed by atoms with Gasteiger partial charge in [0.2, 0.25) is 0 Å². The molecule has 0 unspecified atom stereocenters. The monoisotopic (exact) mass is 484 g/mol. The highest BCUT2D eigenvalue weighted by molar-refractivity contribution is 7.22. The molecule has 31 heavy (non-hydrogen) atoms. The average Bonchev–Trinajstić information content (AvgIpc) is 3.37. The van der Waals surface area contributed by atoms with E-state index in [2.05, 4.69) is 9.88 Å². The maximum absolute atomic E-state index is 14.1. The second kappa shape index (κ2) is 11.3. The summed E-state index contributed by atoms with van der Waals surface area (Å²) in [6.07, 6.45) is 2.93. The van der Waals surface area contributed by atoms with E-state index in [1.165, 1.54) is 34.4 Å². The van der Waals surface area contributed by atoms with Crippen molar-refractivity contribution in [3.63, 3.8) is 0 Å². The number of nitrogens with zero attached hydrogens (tertiary/aromatic N) is 4. The van der Waals surface area contributed by atoms with Gasteiger partial charge in [0.05, 0.1) is 9.62 Å². The molecule has 166 valence electrons. The van der Waals surface area contributed by atoms with Gasteiger partial charge in [0, 0.05) is 30.1 Å². The quantitative estimate of drug-likeness (QED) is 0.236. The summed E-state index contributed by atoms with van der Waals surface area (Å²) in [7, 11) is 0. The average molecular weight is 485 g/mol. The number of thiophene rings is 1. The molecule has 0 aliphatic carbocycles. The van der Waals surface area contributed by atoms with Crippen LogP contribution in [0.5, 0.6) is 0 Å². The summed E-state index contributed by atoms with van der Waals surface area (Å²) < 4.78 is 14.8. The van der Waals surface area contributed by atoms with E-state index in [1.54, 1.807) is 24.3 Å². The second-order valence-corrected chi connectivity index (χ2v) is 8.47. The lowest BCUT2D eigenvalue weighted by molar-refractivity contribution is -0.380. The minimum absolute atomic E-state index is 0. The van der Waals surface area contributed by atoms with Gasteiger partial charge in [0.15, 0.2) is 5.13 Å². The SMILES string of the molecule is CCN(CC)CCN(C(=O)C=Cc1ccc([N+](=O)[O-])s1)c1nc2c(F)cccc2s1.Cl. The minimum Gasteiger partial charge on any atom is -0.302 e. The van der Waals surface area contributed by atoms with Crippen LogP contribution >= 0.6 is 35.1 Å². The smallest absolute Gasteiger partial charge is 0.302 e. The van der Waals surface area contributed by atoms with Crippen LogP contribution in [0.3, 0.4) is 0 Å². The molecule has 0 saturated heterocycles. The summed E-state index contributed by atoms with van der Waals surface area (Å²) in [6.45, 7) is 6.84. The summed E-state index contributed by atoms with van der Waals surface area (Å²) in [6, 6.07) is 7.74. The molecule has 1 aromatic carbocycles. The Balaban J connectivity index is 0.00000341. The predicted octanol–water partition coefficient (Wildman–Crippen LogP) is 5.22. The largest absolute Gasteiger partial charge is 0.324 e. The first kappa shape index (κ1) is 24.9. The highest BCUT2D eigenvalue weighted by atomic mass is 35.5. The van der Waals surface area contributed by atoms with E-state index in [9.17, 15) is 19.3 Å². The first-order valence-electron chi connectivity index (χ1n) is 9.44. The van der Waals surface area contributed by atoms with Crippen molar-refractivity contribution in [2.75, 3.05) is 31.1 Å². The van der Waals surface area contributed by atoms with Crippen LogP contribution in [-0.4, -0.2) is 46.9 Å². The Morgan fingerprint density at radius 2 is 1.94 bits per heavy atom. The van der Waals surface area contributed by atoms with Gasteiger partial charge >= 0.3 is 5.00 Å². The summed E-state index contributed by atoms with van der Waals surface area (Å²) in [5.41, 5.74) is 0.246. The Hall–Kier alpha value is -2.40. The van der Waals surface area contributed by atoms with Gasteiger partial charge in [-0.05, 0) is 37.4 Å². The van der Waals surface area contributed by atoms with E-state index in [0.29, 0.717) is 27.8 Å². The number of fused-ring (bicyclic) bond motifs is 1. The second-order valence-electron chi connectivity index (χ2n) is 6.37. The molecule has 0 saturated carbocycles. The van der Waals surface area contributed by atoms with Gasteiger partial charge < -0.3 is 4.90 Å². The van der Waals surface area contributed by atoms with Crippen LogP contribution in [0.4, 0.5) is 14.5 Å². The zero-order valence-corrected chi connectivity index (χ0v) is 19.4. The van der Waals surface area contributed by atoms with Crippen molar-refractivity contribution >= 4 is 67.4 Å². The minimum atomic E-state index is -0.462. The first-order chi connectivity index (χ1) is 14.4. The number of carbonyl (C=O) groups excluding carboxylic acids is 1. The molecule has 0 radical (unpaired) electrons. The van der Waals surface area contributed by atoms with E-state index in [1.807, 2.05) is 13.8 Å². The van der Waals surface area contributed by atoms with Crippen LogP contribution in [0.15, 0.2) is 36.4 Å². The van der Waals surface area contributed by atoms with Crippen LogP contribution in [0.2, 0.25) is 0 Å². The van der Waals surface area contributed by atoms with E-state index in [4.69, 9.17) is 0 Å². The Kier molecular flexibility index (Phi) is 9.05. The number of thiazole rings is 1. The lowest BCUT2D eigenvalue weighted by Gasteiger charge is -2.23. The molecular weight excluding hydrogens is 463 g/mol. The van der Waals surface area contributed by atoms with Crippen molar-refractivity contribution in [2.45, 2.75) is 13.8 Å². The number of likely N-dealkylation sites (N-methyl/N-ethyl adjacent to an activating group) is 1. The molecule has 0 aliphatic heterocycles. The molecule has 0 N–H and O–H groups in total. The Morgan fingerprint density at radius 1 is 1.19 bits per heavy atom. The number of benzene rings is 1. The van der Waals surface area contributed by atoms with E-state index >= 15 is 0 Å². The van der Waals surface area contributed by atoms with Crippen molar-refractivity contribution in [3.05, 3.63) is 57.2 Å². The molecule has 3 aromatic rings. The molecule has 0 bridgehead atoms. The third-order valence-corrected chi connectivity index (χ3v) is 6.62. The number of aromatic nitrogens is 1. The number of amides is 1. The standard InChI is InChI=1S/C20H21FN4O3S2.ClH/c1-3-23(4-2)12-13-24(20-22-19-15(21)6-5-7-16(19)30-20)17(26)10-8-14-9-11-18(29-14)25(27)28;/h5-11H,3-4,12-13H2,1-2H3;1H. The van der Waals surface area contributed by atoms with E-state index in [0.717, 1.165) is 24.4 Å². The molecule has 0 atom stereocenters. The number of para-hydroxylation sites is 1. The molecule has 0 aliphatic rings. The predicted molar refractivity (Wildman–Crippen MR) is 127 cm³/mol. The van der Waals surface area contributed by atoms with Crippen LogP contribution in [0.1, 0.15) is 18.7 Å². The summed E-state index contributed by atoms with van der Waals surface area (Å²) >= 11 is 2.25. The van der Waals surface area contributed by atoms with Crippen LogP contribution in [-0.2, 0) is 4.79 Å².